The number of ether oxygens (including phenoxy) is 1. The zero-order valence-electron chi connectivity index (χ0n) is 9.19. The van der Waals surface area contributed by atoms with Crippen LogP contribution in [0.15, 0.2) is 30.3 Å². The monoisotopic (exact) mass is 223 g/mol. The van der Waals surface area contributed by atoms with Gasteiger partial charge in [-0.2, -0.15) is 0 Å². The first-order valence-corrected chi connectivity index (χ1v) is 5.33. The highest BCUT2D eigenvalue weighted by Gasteiger charge is 2.29. The van der Waals surface area contributed by atoms with Gasteiger partial charge in [0.15, 0.2) is 0 Å². The maximum atomic E-state index is 11.4. The first-order chi connectivity index (χ1) is 8.19. The van der Waals surface area contributed by atoms with Crippen LogP contribution in [0.2, 0.25) is 6.82 Å². The van der Waals surface area contributed by atoms with E-state index in [0.29, 0.717) is 11.1 Å². The van der Waals surface area contributed by atoms with Gasteiger partial charge in [-0.1, -0.05) is 30.5 Å². The van der Waals surface area contributed by atoms with Crippen LogP contribution >= 0.6 is 0 Å². The molecule has 0 atom stereocenters. The van der Waals surface area contributed by atoms with E-state index >= 15 is 0 Å². The highest BCUT2D eigenvalue weighted by Crippen LogP contribution is 2.25. The van der Waals surface area contributed by atoms with Crippen LogP contribution in [-0.2, 0) is 4.74 Å². The third-order valence-electron chi connectivity index (χ3n) is 2.96. The average Bonchev–Trinajstić information content (AvgIpc) is 2.62. The Kier molecular flexibility index (Phi) is 2.05. The van der Waals surface area contributed by atoms with Gasteiger partial charge < -0.3 is 4.74 Å². The Morgan fingerprint density at radius 2 is 1.59 bits per heavy atom. The van der Waals surface area contributed by atoms with Crippen molar-refractivity contribution in [3.63, 3.8) is 0 Å². The molecular weight excluding hydrogens is 215 g/mol. The van der Waals surface area contributed by atoms with Crippen molar-refractivity contribution in [3.05, 3.63) is 41.5 Å². The molecule has 0 aliphatic carbocycles. The summed E-state index contributed by atoms with van der Waals surface area (Å²) < 4.78 is 4.57. The van der Waals surface area contributed by atoms with E-state index in [1.54, 1.807) is 12.1 Å². The second-order valence-electron chi connectivity index (χ2n) is 3.97. The van der Waals surface area contributed by atoms with Gasteiger partial charge in [0.2, 0.25) is 0 Å². The maximum absolute atomic E-state index is 11.4. The van der Waals surface area contributed by atoms with Gasteiger partial charge in [-0.05, 0) is 22.9 Å². The van der Waals surface area contributed by atoms with Crippen molar-refractivity contribution >= 4 is 35.5 Å². The summed E-state index contributed by atoms with van der Waals surface area (Å²) in [5.41, 5.74) is 1.79. The average molecular weight is 223 g/mol. The van der Waals surface area contributed by atoms with Gasteiger partial charge in [-0.25, -0.2) is 9.59 Å². The summed E-state index contributed by atoms with van der Waals surface area (Å²) in [4.78, 5) is 22.8. The number of esters is 2. The van der Waals surface area contributed by atoms with Gasteiger partial charge >= 0.3 is 11.9 Å². The molecule has 1 aliphatic heterocycles. The summed E-state index contributed by atoms with van der Waals surface area (Å²) in [6, 6.07) is 9.30. The first kappa shape index (κ1) is 10.1. The lowest BCUT2D eigenvalue weighted by Crippen LogP contribution is -2.09. The van der Waals surface area contributed by atoms with Crippen LogP contribution in [0.1, 0.15) is 20.7 Å². The molecular formula is C13H8BO3. The van der Waals surface area contributed by atoms with Gasteiger partial charge in [0.1, 0.15) is 7.28 Å². The minimum atomic E-state index is -0.558. The lowest BCUT2D eigenvalue weighted by atomic mass is 9.73. The molecule has 2 aromatic rings. The number of carbonyl (C=O) groups is 2. The van der Waals surface area contributed by atoms with Gasteiger partial charge in [0.05, 0.1) is 11.1 Å². The van der Waals surface area contributed by atoms with Crippen LogP contribution in [0.3, 0.4) is 0 Å². The number of cyclic esters (lactones) is 2. The maximum Gasteiger partial charge on any atom is 0.346 e. The molecule has 0 aromatic heterocycles. The molecule has 1 radical (unpaired) electrons. The van der Waals surface area contributed by atoms with Crippen molar-refractivity contribution in [2.24, 2.45) is 0 Å². The molecule has 0 bridgehead atoms. The number of hydrogen-bond donors (Lipinski definition) is 0. The zero-order chi connectivity index (χ0) is 12.0. The predicted molar refractivity (Wildman–Crippen MR) is 64.9 cm³/mol. The molecule has 3 nitrogen and oxygen atoms in total. The van der Waals surface area contributed by atoms with Gasteiger partial charge in [-0.15, -0.1) is 0 Å². The summed E-state index contributed by atoms with van der Waals surface area (Å²) in [6.07, 6.45) is 0. The summed E-state index contributed by atoms with van der Waals surface area (Å²) in [5.74, 6) is -1.11. The van der Waals surface area contributed by atoms with E-state index in [1.807, 2.05) is 32.3 Å². The third kappa shape index (κ3) is 1.45. The van der Waals surface area contributed by atoms with Crippen LogP contribution in [0, 0.1) is 0 Å². The molecule has 1 heterocycles. The Hall–Kier alpha value is -2.10. The minimum Gasteiger partial charge on any atom is -0.386 e. The summed E-state index contributed by atoms with van der Waals surface area (Å²) in [5, 5.41) is 1.87. The Bertz CT molecular complexity index is 661. The van der Waals surface area contributed by atoms with Gasteiger partial charge in [0, 0.05) is 0 Å². The summed E-state index contributed by atoms with van der Waals surface area (Å²) in [7, 11) is 1.98. The molecule has 0 fully saturated rings. The van der Waals surface area contributed by atoms with E-state index in [0.717, 1.165) is 16.2 Å². The topological polar surface area (TPSA) is 43.4 Å². The normalized spacial score (nSPS) is 13.7. The number of benzene rings is 2. The number of fused-ring (bicyclic) bond motifs is 2. The van der Waals surface area contributed by atoms with Crippen molar-refractivity contribution in [1.29, 1.82) is 0 Å². The highest BCUT2D eigenvalue weighted by molar-refractivity contribution is 6.52. The minimum absolute atomic E-state index is 0.357. The Morgan fingerprint density at radius 1 is 0.941 bits per heavy atom. The van der Waals surface area contributed by atoms with E-state index in [9.17, 15) is 9.59 Å². The molecule has 0 saturated heterocycles. The number of hydrogen-bond acceptors (Lipinski definition) is 3. The van der Waals surface area contributed by atoms with Crippen molar-refractivity contribution in [1.82, 2.24) is 0 Å². The van der Waals surface area contributed by atoms with E-state index < -0.39 is 11.9 Å². The van der Waals surface area contributed by atoms with Crippen LogP contribution in [0.5, 0.6) is 0 Å². The molecule has 0 unspecified atom stereocenters. The van der Waals surface area contributed by atoms with Crippen LogP contribution < -0.4 is 5.46 Å². The second kappa shape index (κ2) is 3.45. The van der Waals surface area contributed by atoms with Crippen LogP contribution in [0.4, 0.5) is 0 Å². The SMILES string of the molecule is C[B]c1ccc2cc3c(cc2c1)C(=O)OC3=O. The Balaban J connectivity index is 2.31. The summed E-state index contributed by atoms with van der Waals surface area (Å²) >= 11 is 0. The summed E-state index contributed by atoms with van der Waals surface area (Å²) in [6.45, 7) is 1.95. The second-order valence-corrected chi connectivity index (χ2v) is 3.97. The molecule has 81 valence electrons. The quantitative estimate of drug-likeness (QED) is 0.418. The fourth-order valence-corrected chi connectivity index (χ4v) is 2.03. The smallest absolute Gasteiger partial charge is 0.346 e. The number of carbonyl (C=O) groups excluding carboxylic acids is 2. The standard InChI is InChI=1S/C13H8BO3/c1-14-9-3-2-7-5-10-11(6-8(7)4-9)13(16)17-12(10)15/h2-6H,1H3. The predicted octanol–water partition coefficient (Wildman–Crippen LogP) is 1.53. The molecule has 0 spiro atoms. The lowest BCUT2D eigenvalue weighted by molar-refractivity contribution is 0.0444. The molecule has 2 aromatic carbocycles. The van der Waals surface area contributed by atoms with Crippen LogP contribution in [0.25, 0.3) is 10.8 Å². The molecule has 1 aliphatic rings. The van der Waals surface area contributed by atoms with Crippen molar-refractivity contribution in [2.75, 3.05) is 0 Å². The molecule has 0 amide bonds. The van der Waals surface area contributed by atoms with Crippen molar-refractivity contribution in [3.8, 4) is 0 Å². The fourth-order valence-electron chi connectivity index (χ4n) is 2.03. The highest BCUT2D eigenvalue weighted by atomic mass is 16.6. The van der Waals surface area contributed by atoms with Crippen LogP contribution in [-0.4, -0.2) is 19.2 Å². The molecule has 0 saturated carbocycles. The number of rotatable bonds is 1. The third-order valence-corrected chi connectivity index (χ3v) is 2.96. The largest absolute Gasteiger partial charge is 0.386 e. The molecule has 0 N–H and O–H groups in total. The molecule has 17 heavy (non-hydrogen) atoms. The van der Waals surface area contributed by atoms with Crippen molar-refractivity contribution in [2.45, 2.75) is 6.82 Å². The Morgan fingerprint density at radius 3 is 2.24 bits per heavy atom. The van der Waals surface area contributed by atoms with Gasteiger partial charge in [-0.3, -0.25) is 0 Å². The van der Waals surface area contributed by atoms with Gasteiger partial charge in [0.25, 0.3) is 0 Å². The molecule has 3 rings (SSSR count). The van der Waals surface area contributed by atoms with E-state index in [1.165, 1.54) is 0 Å². The van der Waals surface area contributed by atoms with E-state index in [-0.39, 0.29) is 0 Å². The van der Waals surface area contributed by atoms with Crippen molar-refractivity contribution < 1.29 is 14.3 Å². The zero-order valence-corrected chi connectivity index (χ0v) is 9.19. The Labute approximate surface area is 98.6 Å². The van der Waals surface area contributed by atoms with E-state index in [2.05, 4.69) is 4.74 Å². The lowest BCUT2D eigenvalue weighted by Gasteiger charge is -2.02. The first-order valence-electron chi connectivity index (χ1n) is 5.33. The molecule has 4 heteroatoms. The fraction of sp³-hybridized carbons (Fsp3) is 0.0769. The van der Waals surface area contributed by atoms with E-state index in [4.69, 9.17) is 0 Å².